The molecule has 0 spiro atoms. The van der Waals surface area contributed by atoms with Gasteiger partial charge >= 0.3 is 0 Å². The third-order valence-electron chi connectivity index (χ3n) is 4.73. The fourth-order valence-electron chi connectivity index (χ4n) is 3.38. The minimum absolute atomic E-state index is 0.0104. The van der Waals surface area contributed by atoms with E-state index in [4.69, 9.17) is 0 Å². The molecule has 1 aliphatic rings. The summed E-state index contributed by atoms with van der Waals surface area (Å²) in [6, 6.07) is 13.6. The summed E-state index contributed by atoms with van der Waals surface area (Å²) in [4.78, 5) is 26.5. The zero-order valence-electron chi connectivity index (χ0n) is 13.6. The lowest BCUT2D eigenvalue weighted by Crippen LogP contribution is -2.38. The lowest BCUT2D eigenvalue weighted by molar-refractivity contribution is -0.132. The molecule has 0 radical (unpaired) electrons. The summed E-state index contributed by atoms with van der Waals surface area (Å²) in [6.07, 6.45) is 2.44. The Morgan fingerprint density at radius 3 is 2.72 bits per heavy atom. The molecule has 5 heteroatoms. The second-order valence-corrected chi connectivity index (χ2v) is 6.30. The lowest BCUT2D eigenvalue weighted by Gasteiger charge is -2.29. The summed E-state index contributed by atoms with van der Waals surface area (Å²) in [7, 11) is 0. The van der Waals surface area contributed by atoms with Crippen LogP contribution in [0, 0.1) is 5.82 Å². The van der Waals surface area contributed by atoms with Crippen LogP contribution in [0.2, 0.25) is 0 Å². The third-order valence-corrected chi connectivity index (χ3v) is 4.73. The maximum absolute atomic E-state index is 13.4. The van der Waals surface area contributed by atoms with Crippen LogP contribution in [0.3, 0.4) is 0 Å². The zero-order valence-corrected chi connectivity index (χ0v) is 13.6. The van der Waals surface area contributed by atoms with Crippen molar-refractivity contribution in [3.8, 4) is 0 Å². The number of rotatable bonds is 2. The second-order valence-electron chi connectivity index (χ2n) is 6.30. The van der Waals surface area contributed by atoms with Gasteiger partial charge in [0, 0.05) is 30.7 Å². The van der Waals surface area contributed by atoms with Gasteiger partial charge in [0.2, 0.25) is 5.91 Å². The molecule has 0 saturated carbocycles. The van der Waals surface area contributed by atoms with E-state index in [0.29, 0.717) is 24.0 Å². The molecular formula is C20H17FN2O2. The average molecular weight is 336 g/mol. The maximum Gasteiger partial charge on any atom is 0.242 e. The summed E-state index contributed by atoms with van der Waals surface area (Å²) in [5.41, 5.74) is 2.79. The fourth-order valence-corrected chi connectivity index (χ4v) is 3.38. The Balaban J connectivity index is 1.61. The highest BCUT2D eigenvalue weighted by Gasteiger charge is 2.20. The highest BCUT2D eigenvalue weighted by atomic mass is 19.1. The van der Waals surface area contributed by atoms with Crippen molar-refractivity contribution in [3.63, 3.8) is 0 Å². The number of halogens is 1. The number of fused-ring (bicyclic) bond motifs is 2. The first-order valence-electron chi connectivity index (χ1n) is 8.25. The zero-order chi connectivity index (χ0) is 17.4. The van der Waals surface area contributed by atoms with Crippen molar-refractivity contribution in [1.82, 2.24) is 9.47 Å². The van der Waals surface area contributed by atoms with Crippen molar-refractivity contribution in [3.05, 3.63) is 81.9 Å². The van der Waals surface area contributed by atoms with E-state index in [-0.39, 0.29) is 17.9 Å². The lowest BCUT2D eigenvalue weighted by atomic mass is 10.00. The summed E-state index contributed by atoms with van der Waals surface area (Å²) in [5, 5.41) is 0.291. The van der Waals surface area contributed by atoms with Gasteiger partial charge in [0.1, 0.15) is 12.4 Å². The Morgan fingerprint density at radius 2 is 1.88 bits per heavy atom. The van der Waals surface area contributed by atoms with E-state index in [0.717, 1.165) is 6.42 Å². The van der Waals surface area contributed by atoms with Crippen molar-refractivity contribution in [2.24, 2.45) is 0 Å². The molecule has 0 unspecified atom stereocenters. The number of carbonyl (C=O) groups is 1. The van der Waals surface area contributed by atoms with Gasteiger partial charge in [-0.15, -0.1) is 0 Å². The van der Waals surface area contributed by atoms with E-state index in [2.05, 4.69) is 6.07 Å². The molecule has 0 aliphatic carbocycles. The standard InChI is InChI=1S/C20H17FN2O2/c21-16-5-6-18-17(11-16)19(24)8-10-22(18)13-20(25)23-9-7-14-3-1-2-4-15(14)12-23/h1-6,8,10-11H,7,9,12-13H2. The maximum atomic E-state index is 13.4. The van der Waals surface area contributed by atoms with Crippen molar-refractivity contribution in [1.29, 1.82) is 0 Å². The molecule has 1 aliphatic heterocycles. The van der Waals surface area contributed by atoms with E-state index in [1.165, 1.54) is 29.3 Å². The van der Waals surface area contributed by atoms with Crippen LogP contribution in [-0.4, -0.2) is 21.9 Å². The molecule has 0 bridgehead atoms. The highest BCUT2D eigenvalue weighted by molar-refractivity contribution is 5.82. The first kappa shape index (κ1) is 15.6. The van der Waals surface area contributed by atoms with E-state index in [1.807, 2.05) is 23.1 Å². The first-order valence-corrected chi connectivity index (χ1v) is 8.25. The predicted molar refractivity (Wildman–Crippen MR) is 93.7 cm³/mol. The molecular weight excluding hydrogens is 319 g/mol. The fraction of sp³-hybridized carbons (Fsp3) is 0.200. The minimum Gasteiger partial charge on any atom is -0.338 e. The quantitative estimate of drug-likeness (QED) is 0.722. The van der Waals surface area contributed by atoms with Crippen molar-refractivity contribution in [2.45, 2.75) is 19.5 Å². The van der Waals surface area contributed by atoms with Gasteiger partial charge in [-0.05, 0) is 35.7 Å². The van der Waals surface area contributed by atoms with E-state index < -0.39 is 5.82 Å². The molecule has 3 aromatic rings. The Bertz CT molecular complexity index is 1030. The summed E-state index contributed by atoms with van der Waals surface area (Å²) in [5.74, 6) is -0.468. The molecule has 126 valence electrons. The van der Waals surface area contributed by atoms with Gasteiger partial charge in [0.05, 0.1) is 5.52 Å². The van der Waals surface area contributed by atoms with Crippen LogP contribution in [0.15, 0.2) is 59.5 Å². The number of amides is 1. The van der Waals surface area contributed by atoms with Crippen LogP contribution >= 0.6 is 0 Å². The number of nitrogens with zero attached hydrogens (tertiary/aromatic N) is 2. The van der Waals surface area contributed by atoms with Crippen LogP contribution < -0.4 is 5.43 Å². The SMILES string of the molecule is O=C(Cn1ccc(=O)c2cc(F)ccc21)N1CCc2ccccc2C1. The smallest absolute Gasteiger partial charge is 0.242 e. The van der Waals surface area contributed by atoms with Crippen LogP contribution in [-0.2, 0) is 24.3 Å². The van der Waals surface area contributed by atoms with Crippen LogP contribution in [0.5, 0.6) is 0 Å². The van der Waals surface area contributed by atoms with E-state index in [9.17, 15) is 14.0 Å². The first-order chi connectivity index (χ1) is 12.1. The number of pyridine rings is 1. The molecule has 1 aromatic heterocycles. The molecule has 0 N–H and O–H groups in total. The Morgan fingerprint density at radius 1 is 1.08 bits per heavy atom. The minimum atomic E-state index is -0.457. The average Bonchev–Trinajstić information content (AvgIpc) is 2.63. The van der Waals surface area contributed by atoms with Crippen molar-refractivity contribution < 1.29 is 9.18 Å². The largest absolute Gasteiger partial charge is 0.338 e. The molecule has 0 fully saturated rings. The van der Waals surface area contributed by atoms with Gasteiger partial charge in [0.25, 0.3) is 0 Å². The third kappa shape index (κ3) is 2.93. The Hall–Kier alpha value is -2.95. The van der Waals surface area contributed by atoms with E-state index >= 15 is 0 Å². The molecule has 2 aromatic carbocycles. The van der Waals surface area contributed by atoms with Gasteiger partial charge in [-0.2, -0.15) is 0 Å². The summed E-state index contributed by atoms with van der Waals surface area (Å²) in [6.45, 7) is 1.41. The molecule has 25 heavy (non-hydrogen) atoms. The molecule has 2 heterocycles. The van der Waals surface area contributed by atoms with Crippen LogP contribution in [0.1, 0.15) is 11.1 Å². The van der Waals surface area contributed by atoms with Gasteiger partial charge in [0.15, 0.2) is 5.43 Å². The van der Waals surface area contributed by atoms with Gasteiger partial charge < -0.3 is 9.47 Å². The number of benzene rings is 2. The normalized spacial score (nSPS) is 13.7. The Kier molecular flexibility index (Phi) is 3.84. The highest BCUT2D eigenvalue weighted by Crippen LogP contribution is 2.19. The van der Waals surface area contributed by atoms with Crippen LogP contribution in [0.4, 0.5) is 4.39 Å². The van der Waals surface area contributed by atoms with Crippen molar-refractivity contribution in [2.75, 3.05) is 6.54 Å². The number of carbonyl (C=O) groups excluding carboxylic acids is 1. The second kappa shape index (κ2) is 6.16. The predicted octanol–water partition coefficient (Wildman–Crippen LogP) is 2.73. The van der Waals surface area contributed by atoms with Crippen LogP contribution in [0.25, 0.3) is 10.9 Å². The number of aromatic nitrogens is 1. The summed E-state index contributed by atoms with van der Waals surface area (Å²) >= 11 is 0. The van der Waals surface area contributed by atoms with Gasteiger partial charge in [-0.1, -0.05) is 24.3 Å². The monoisotopic (exact) mass is 336 g/mol. The summed E-state index contributed by atoms with van der Waals surface area (Å²) < 4.78 is 15.1. The molecule has 1 amide bonds. The van der Waals surface area contributed by atoms with E-state index in [1.54, 1.807) is 16.8 Å². The molecule has 4 nitrogen and oxygen atoms in total. The number of hydrogen-bond acceptors (Lipinski definition) is 2. The number of hydrogen-bond donors (Lipinski definition) is 0. The molecule has 0 saturated heterocycles. The Labute approximate surface area is 144 Å². The van der Waals surface area contributed by atoms with Crippen molar-refractivity contribution >= 4 is 16.8 Å². The van der Waals surface area contributed by atoms with Gasteiger partial charge in [-0.3, -0.25) is 9.59 Å². The molecule has 0 atom stereocenters. The molecule has 4 rings (SSSR count). The topological polar surface area (TPSA) is 42.3 Å². The van der Waals surface area contributed by atoms with Gasteiger partial charge in [-0.25, -0.2) is 4.39 Å².